The van der Waals surface area contributed by atoms with Gasteiger partial charge >= 0.3 is 0 Å². The van der Waals surface area contributed by atoms with Crippen molar-refractivity contribution in [3.05, 3.63) is 48.6 Å². The van der Waals surface area contributed by atoms with Crippen molar-refractivity contribution in [2.45, 2.75) is 13.3 Å². The Kier molecular flexibility index (Phi) is 3.50. The fraction of sp³-hybridized carbons (Fsp3) is 0.250. The van der Waals surface area contributed by atoms with Gasteiger partial charge in [-0.1, -0.05) is 20.1 Å². The van der Waals surface area contributed by atoms with Crippen LogP contribution in [0.2, 0.25) is 0 Å². The summed E-state index contributed by atoms with van der Waals surface area (Å²) in [7, 11) is 1.93. The van der Waals surface area contributed by atoms with Crippen LogP contribution in [0.1, 0.15) is 13.3 Å². The molecule has 3 heteroatoms. The summed E-state index contributed by atoms with van der Waals surface area (Å²) in [4.78, 5) is 6.24. The van der Waals surface area contributed by atoms with Crippen LogP contribution < -0.4 is 5.73 Å². The highest BCUT2D eigenvalue weighted by atomic mass is 15.2. The zero-order valence-electron chi connectivity index (χ0n) is 9.33. The van der Waals surface area contributed by atoms with E-state index in [1.54, 1.807) is 6.08 Å². The lowest BCUT2D eigenvalue weighted by Crippen LogP contribution is -2.23. The minimum atomic E-state index is 0.719. The van der Waals surface area contributed by atoms with Crippen molar-refractivity contribution in [1.29, 1.82) is 0 Å². The highest BCUT2D eigenvalue weighted by molar-refractivity contribution is 6.05. The van der Waals surface area contributed by atoms with Crippen molar-refractivity contribution in [3.8, 4) is 0 Å². The van der Waals surface area contributed by atoms with Gasteiger partial charge in [-0.05, 0) is 24.1 Å². The second kappa shape index (κ2) is 4.64. The van der Waals surface area contributed by atoms with Crippen molar-refractivity contribution >= 4 is 5.71 Å². The normalized spacial score (nSPS) is 18.5. The maximum absolute atomic E-state index is 5.51. The molecule has 0 fully saturated rings. The van der Waals surface area contributed by atoms with Gasteiger partial charge in [0.1, 0.15) is 5.82 Å². The van der Waals surface area contributed by atoms with Crippen LogP contribution >= 0.6 is 0 Å². The second-order valence-corrected chi connectivity index (χ2v) is 3.31. The van der Waals surface area contributed by atoms with Crippen LogP contribution in [0.15, 0.2) is 53.6 Å². The Labute approximate surface area is 91.0 Å². The fourth-order valence-corrected chi connectivity index (χ4v) is 1.37. The monoisotopic (exact) mass is 203 g/mol. The molecule has 0 aromatic rings. The summed E-state index contributed by atoms with van der Waals surface area (Å²) in [5, 5.41) is 0. The number of nitrogens with zero attached hydrogens (tertiary/aromatic N) is 2. The molecule has 0 radical (unpaired) electrons. The maximum atomic E-state index is 5.51. The SMILES string of the molecule is C=CC1=N/C(=C/N)N(C)C(C(=C)CC)=C1. The van der Waals surface area contributed by atoms with Gasteiger partial charge in [-0.3, -0.25) is 0 Å². The van der Waals surface area contributed by atoms with E-state index in [1.165, 1.54) is 6.20 Å². The molecular weight excluding hydrogens is 186 g/mol. The van der Waals surface area contributed by atoms with E-state index in [0.29, 0.717) is 0 Å². The van der Waals surface area contributed by atoms with Crippen LogP contribution in [0.4, 0.5) is 0 Å². The molecule has 0 aromatic carbocycles. The van der Waals surface area contributed by atoms with Crippen molar-refractivity contribution < 1.29 is 0 Å². The Morgan fingerprint density at radius 2 is 2.33 bits per heavy atom. The molecule has 1 aliphatic rings. The summed E-state index contributed by atoms with van der Waals surface area (Å²) in [6.45, 7) is 9.80. The van der Waals surface area contributed by atoms with E-state index in [4.69, 9.17) is 5.73 Å². The van der Waals surface area contributed by atoms with Crippen LogP contribution in [0.5, 0.6) is 0 Å². The first-order chi connectivity index (χ1) is 7.13. The summed E-state index contributed by atoms with van der Waals surface area (Å²) < 4.78 is 0. The van der Waals surface area contributed by atoms with Gasteiger partial charge in [-0.2, -0.15) is 0 Å². The molecule has 0 aromatic heterocycles. The van der Waals surface area contributed by atoms with Gasteiger partial charge in [0.15, 0.2) is 0 Å². The lowest BCUT2D eigenvalue weighted by molar-refractivity contribution is 0.513. The zero-order chi connectivity index (χ0) is 11.4. The number of hydrogen-bond acceptors (Lipinski definition) is 3. The van der Waals surface area contributed by atoms with E-state index in [1.807, 2.05) is 18.0 Å². The molecular formula is C12H17N3. The van der Waals surface area contributed by atoms with Crippen LogP contribution in [-0.4, -0.2) is 17.7 Å². The first kappa shape index (κ1) is 11.3. The predicted molar refractivity (Wildman–Crippen MR) is 65.2 cm³/mol. The van der Waals surface area contributed by atoms with E-state index < -0.39 is 0 Å². The Bertz CT molecular complexity index is 372. The van der Waals surface area contributed by atoms with Gasteiger partial charge < -0.3 is 10.6 Å². The minimum Gasteiger partial charge on any atom is -0.402 e. The van der Waals surface area contributed by atoms with Crippen LogP contribution in [0, 0.1) is 0 Å². The molecule has 3 nitrogen and oxygen atoms in total. The van der Waals surface area contributed by atoms with Crippen molar-refractivity contribution in [2.75, 3.05) is 7.05 Å². The molecule has 1 aliphatic heterocycles. The summed E-state index contributed by atoms with van der Waals surface area (Å²) in [6.07, 6.45) is 6.06. The third-order valence-electron chi connectivity index (χ3n) is 2.38. The quantitative estimate of drug-likeness (QED) is 0.763. The van der Waals surface area contributed by atoms with Crippen molar-refractivity contribution in [1.82, 2.24) is 4.90 Å². The summed E-state index contributed by atoms with van der Waals surface area (Å²) in [6, 6.07) is 0. The molecule has 0 amide bonds. The molecule has 0 unspecified atom stereocenters. The molecule has 0 spiro atoms. The minimum absolute atomic E-state index is 0.719. The molecule has 0 bridgehead atoms. The van der Waals surface area contributed by atoms with Gasteiger partial charge in [0, 0.05) is 18.9 Å². The standard InChI is InChI=1S/C12H17N3/c1-5-9(3)11-7-10(6-2)14-12(8-13)15(11)4/h6-8H,2-3,5,13H2,1,4H3/b12-8-. The van der Waals surface area contributed by atoms with E-state index in [0.717, 1.165) is 29.2 Å². The fourth-order valence-electron chi connectivity index (χ4n) is 1.37. The largest absolute Gasteiger partial charge is 0.402 e. The smallest absolute Gasteiger partial charge is 0.149 e. The number of hydrogen-bond donors (Lipinski definition) is 1. The Hall–Kier alpha value is -1.77. The predicted octanol–water partition coefficient (Wildman–Crippen LogP) is 2.17. The molecule has 1 heterocycles. The number of rotatable bonds is 3. The Morgan fingerprint density at radius 3 is 2.80 bits per heavy atom. The van der Waals surface area contributed by atoms with E-state index >= 15 is 0 Å². The van der Waals surface area contributed by atoms with Gasteiger partial charge in [-0.15, -0.1) is 0 Å². The summed E-state index contributed by atoms with van der Waals surface area (Å²) >= 11 is 0. The molecule has 0 saturated carbocycles. The first-order valence-electron chi connectivity index (χ1n) is 4.90. The molecule has 2 N–H and O–H groups in total. The summed E-state index contributed by atoms with van der Waals surface area (Å²) in [5.74, 6) is 0.719. The van der Waals surface area contributed by atoms with Gasteiger partial charge in [0.05, 0.1) is 5.71 Å². The molecule has 15 heavy (non-hydrogen) atoms. The van der Waals surface area contributed by atoms with Gasteiger partial charge in [0.25, 0.3) is 0 Å². The lowest BCUT2D eigenvalue weighted by Gasteiger charge is -2.27. The number of allylic oxidation sites excluding steroid dienone is 3. The average Bonchev–Trinajstić information content (AvgIpc) is 2.28. The first-order valence-corrected chi connectivity index (χ1v) is 4.90. The second-order valence-electron chi connectivity index (χ2n) is 3.31. The highest BCUT2D eigenvalue weighted by Crippen LogP contribution is 2.23. The van der Waals surface area contributed by atoms with E-state index in [2.05, 4.69) is 25.1 Å². The summed E-state index contributed by atoms with van der Waals surface area (Å²) in [5.41, 5.74) is 8.43. The molecule has 0 saturated heterocycles. The van der Waals surface area contributed by atoms with Crippen LogP contribution in [-0.2, 0) is 0 Å². The van der Waals surface area contributed by atoms with Gasteiger partial charge in [-0.25, -0.2) is 4.99 Å². The topological polar surface area (TPSA) is 41.6 Å². The lowest BCUT2D eigenvalue weighted by atomic mass is 10.1. The number of nitrogens with two attached hydrogens (primary N) is 1. The van der Waals surface area contributed by atoms with Gasteiger partial charge in [0.2, 0.25) is 0 Å². The number of aliphatic imine (C=N–C) groups is 1. The molecule has 0 aliphatic carbocycles. The average molecular weight is 203 g/mol. The Balaban J connectivity index is 3.15. The van der Waals surface area contributed by atoms with Crippen molar-refractivity contribution in [2.24, 2.45) is 10.7 Å². The van der Waals surface area contributed by atoms with E-state index in [9.17, 15) is 0 Å². The Morgan fingerprint density at radius 1 is 1.67 bits per heavy atom. The highest BCUT2D eigenvalue weighted by Gasteiger charge is 2.16. The van der Waals surface area contributed by atoms with Crippen LogP contribution in [0.3, 0.4) is 0 Å². The third-order valence-corrected chi connectivity index (χ3v) is 2.38. The van der Waals surface area contributed by atoms with Crippen LogP contribution in [0.25, 0.3) is 0 Å². The number of likely N-dealkylation sites (N-methyl/N-ethyl adjacent to an activating group) is 1. The molecule has 80 valence electrons. The third kappa shape index (κ3) is 2.18. The van der Waals surface area contributed by atoms with E-state index in [-0.39, 0.29) is 0 Å². The molecule has 1 rings (SSSR count). The maximum Gasteiger partial charge on any atom is 0.149 e. The zero-order valence-corrected chi connectivity index (χ0v) is 9.33. The molecule has 0 atom stereocenters. The van der Waals surface area contributed by atoms with Crippen molar-refractivity contribution in [3.63, 3.8) is 0 Å².